The Morgan fingerprint density at radius 3 is 2.29 bits per heavy atom. The minimum absolute atomic E-state index is 0.815. The molecule has 1 rings (SSSR count). The van der Waals surface area contributed by atoms with Crippen LogP contribution in [-0.2, 0) is 13.8 Å². The van der Waals surface area contributed by atoms with Crippen molar-refractivity contribution in [3.8, 4) is 0 Å². The van der Waals surface area contributed by atoms with Crippen molar-refractivity contribution in [3.63, 3.8) is 0 Å². The molecule has 0 unspecified atom stereocenters. The highest BCUT2D eigenvalue weighted by molar-refractivity contribution is 7.46. The van der Waals surface area contributed by atoms with E-state index in [9.17, 15) is 25.0 Å². The van der Waals surface area contributed by atoms with Gasteiger partial charge >= 0.3 is 7.82 Å². The Morgan fingerprint density at radius 1 is 1.35 bits per heavy atom. The number of ether oxygens (including phenoxy) is 1. The fourth-order valence-corrected chi connectivity index (χ4v) is 1.96. The molecule has 17 heavy (non-hydrogen) atoms. The number of hydrogen-bond donors (Lipinski definition) is 7. The van der Waals surface area contributed by atoms with Crippen LogP contribution in [0.1, 0.15) is 0 Å². The first-order valence-corrected chi connectivity index (χ1v) is 5.90. The van der Waals surface area contributed by atoms with Crippen LogP contribution in [0.25, 0.3) is 0 Å². The molecule has 102 valence electrons. The van der Waals surface area contributed by atoms with E-state index in [1.165, 1.54) is 0 Å². The number of rotatable bonds is 3. The molecule has 1 fully saturated rings. The van der Waals surface area contributed by atoms with Crippen molar-refractivity contribution < 1.29 is 49.1 Å². The van der Waals surface area contributed by atoms with E-state index in [4.69, 9.17) is 14.9 Å². The van der Waals surface area contributed by atoms with Gasteiger partial charge in [0.1, 0.15) is 6.10 Å². The molecule has 0 amide bonds. The quantitative estimate of drug-likeness (QED) is 0.200. The molecule has 0 aliphatic carbocycles. The fourth-order valence-electron chi connectivity index (χ4n) is 1.36. The third-order valence-electron chi connectivity index (χ3n) is 2.28. The van der Waals surface area contributed by atoms with Gasteiger partial charge in [0.25, 0.3) is 0 Å². The second kappa shape index (κ2) is 4.52. The highest BCUT2D eigenvalue weighted by Crippen LogP contribution is 2.46. The predicted molar refractivity (Wildman–Crippen MR) is 48.1 cm³/mol. The first kappa shape index (κ1) is 14.9. The maximum atomic E-state index is 10.6. The van der Waals surface area contributed by atoms with E-state index in [2.05, 4.69) is 9.26 Å². The topological polar surface area (TPSA) is 177 Å². The molecule has 0 aromatic rings. The van der Waals surface area contributed by atoms with Gasteiger partial charge in [0.15, 0.2) is 6.10 Å². The molecule has 1 aliphatic heterocycles. The molecule has 0 saturated carbocycles. The normalized spacial score (nSPS) is 43.7. The lowest BCUT2D eigenvalue weighted by Crippen LogP contribution is -2.70. The molecule has 10 nitrogen and oxygen atoms in total. The highest BCUT2D eigenvalue weighted by Gasteiger charge is 2.61. The molecule has 0 aromatic heterocycles. The van der Waals surface area contributed by atoms with Crippen LogP contribution in [0.4, 0.5) is 0 Å². The van der Waals surface area contributed by atoms with Crippen LogP contribution in [-0.4, -0.2) is 72.3 Å². The van der Waals surface area contributed by atoms with Gasteiger partial charge in [-0.15, -0.1) is 0 Å². The number of hydrogen-bond acceptors (Lipinski definition) is 8. The third-order valence-corrected chi connectivity index (χ3v) is 2.81. The first-order chi connectivity index (χ1) is 7.55. The minimum Gasteiger partial charge on any atom is -0.391 e. The second-order valence-corrected chi connectivity index (χ2v) is 4.73. The van der Waals surface area contributed by atoms with Crippen LogP contribution in [0.15, 0.2) is 0 Å². The van der Waals surface area contributed by atoms with E-state index in [0.717, 1.165) is 0 Å². The molecule has 1 heterocycles. The lowest BCUT2D eigenvalue weighted by molar-refractivity contribution is -0.399. The van der Waals surface area contributed by atoms with Gasteiger partial charge < -0.3 is 40.1 Å². The summed E-state index contributed by atoms with van der Waals surface area (Å²) in [6.07, 6.45) is -4.52. The Kier molecular flexibility index (Phi) is 3.97. The first-order valence-electron chi connectivity index (χ1n) is 4.37. The van der Waals surface area contributed by atoms with Crippen LogP contribution in [0.2, 0.25) is 0 Å². The Bertz CT molecular complexity index is 329. The Labute approximate surface area is 94.9 Å². The van der Waals surface area contributed by atoms with Crippen LogP contribution in [0, 0.1) is 0 Å². The van der Waals surface area contributed by atoms with Gasteiger partial charge in [-0.1, -0.05) is 0 Å². The summed E-state index contributed by atoms with van der Waals surface area (Å²) in [4.78, 5) is 17.1. The van der Waals surface area contributed by atoms with Crippen LogP contribution < -0.4 is 0 Å². The summed E-state index contributed by atoms with van der Waals surface area (Å²) in [7, 11) is -5.26. The molecule has 4 atom stereocenters. The summed E-state index contributed by atoms with van der Waals surface area (Å²) in [6.45, 7) is -2.00. The van der Waals surface area contributed by atoms with Crippen molar-refractivity contribution in [1.82, 2.24) is 0 Å². The zero-order valence-corrected chi connectivity index (χ0v) is 9.27. The molecule has 0 bridgehead atoms. The molecule has 11 heteroatoms. The van der Waals surface area contributed by atoms with Crippen molar-refractivity contribution in [2.45, 2.75) is 23.8 Å². The molecule has 0 spiro atoms. The van der Waals surface area contributed by atoms with E-state index in [1.54, 1.807) is 0 Å². The van der Waals surface area contributed by atoms with Gasteiger partial charge in [0.2, 0.25) is 11.6 Å². The van der Waals surface area contributed by atoms with Crippen molar-refractivity contribution in [2.75, 3.05) is 13.2 Å². The molecule has 7 N–H and O–H groups in total. The molecule has 1 aliphatic rings. The molecule has 0 aromatic carbocycles. The summed E-state index contributed by atoms with van der Waals surface area (Å²) in [5, 5.41) is 46.6. The summed E-state index contributed by atoms with van der Waals surface area (Å²) in [5.41, 5.74) is 0. The maximum Gasteiger partial charge on any atom is 0.472 e. The number of phosphoric acid groups is 1. The summed E-state index contributed by atoms with van der Waals surface area (Å²) >= 11 is 0. The van der Waals surface area contributed by atoms with Crippen molar-refractivity contribution in [3.05, 3.63) is 0 Å². The molecule has 1 saturated heterocycles. The summed E-state index contributed by atoms with van der Waals surface area (Å²) in [6, 6.07) is 0. The SMILES string of the molecule is O=P(O)(O)O[C@@]1(O)[C@H](O)CO[C@@](O)(CO)[C@H]1O. The number of aliphatic hydroxyl groups excluding tert-OH is 3. The van der Waals surface area contributed by atoms with Crippen molar-refractivity contribution >= 4 is 7.82 Å². The zero-order valence-electron chi connectivity index (χ0n) is 8.37. The lowest BCUT2D eigenvalue weighted by atomic mass is 9.94. The second-order valence-electron chi connectivity index (χ2n) is 3.57. The van der Waals surface area contributed by atoms with Crippen LogP contribution >= 0.6 is 7.82 Å². The molecule has 0 radical (unpaired) electrons. The maximum absolute atomic E-state index is 10.6. The van der Waals surface area contributed by atoms with Gasteiger partial charge in [-0.25, -0.2) is 9.09 Å². The third kappa shape index (κ3) is 2.83. The van der Waals surface area contributed by atoms with Crippen LogP contribution in [0.3, 0.4) is 0 Å². The highest BCUT2D eigenvalue weighted by atomic mass is 31.2. The smallest absolute Gasteiger partial charge is 0.391 e. The fraction of sp³-hybridized carbons (Fsp3) is 1.00. The van der Waals surface area contributed by atoms with Crippen molar-refractivity contribution in [2.24, 2.45) is 0 Å². The Hall–Kier alpha value is -0.130. The average Bonchev–Trinajstić information content (AvgIpc) is 2.20. The lowest BCUT2D eigenvalue weighted by Gasteiger charge is -2.46. The van der Waals surface area contributed by atoms with E-state index < -0.39 is 44.8 Å². The largest absolute Gasteiger partial charge is 0.472 e. The monoisotopic (exact) mass is 276 g/mol. The predicted octanol–water partition coefficient (Wildman–Crippen LogP) is -3.78. The van der Waals surface area contributed by atoms with Gasteiger partial charge in [0, 0.05) is 0 Å². The Morgan fingerprint density at radius 2 is 1.88 bits per heavy atom. The zero-order chi connectivity index (χ0) is 13.5. The van der Waals surface area contributed by atoms with Gasteiger partial charge in [-0.05, 0) is 0 Å². The molecular weight excluding hydrogens is 263 g/mol. The Balaban J connectivity index is 3.05. The van der Waals surface area contributed by atoms with Gasteiger partial charge in [0.05, 0.1) is 13.2 Å². The van der Waals surface area contributed by atoms with Gasteiger partial charge in [-0.3, -0.25) is 0 Å². The van der Waals surface area contributed by atoms with E-state index in [1.807, 2.05) is 0 Å². The van der Waals surface area contributed by atoms with E-state index in [0.29, 0.717) is 0 Å². The summed E-state index contributed by atoms with van der Waals surface area (Å²) < 4.78 is 18.9. The average molecular weight is 276 g/mol. The van der Waals surface area contributed by atoms with Crippen LogP contribution in [0.5, 0.6) is 0 Å². The van der Waals surface area contributed by atoms with E-state index in [-0.39, 0.29) is 0 Å². The number of aliphatic hydroxyl groups is 5. The number of phosphoric ester groups is 1. The summed E-state index contributed by atoms with van der Waals surface area (Å²) in [5.74, 6) is -5.88. The standard InChI is InChI=1S/C6H13O10P/c7-2-5(10)4(9)6(11,3(8)1-15-5)16-17(12,13)14/h3-4,7-11H,1-2H2,(H2,12,13,14)/t3-,4-,5+,6+/m1/s1. The molecular formula is C6H13O10P. The van der Waals surface area contributed by atoms with Gasteiger partial charge in [-0.2, -0.15) is 0 Å². The minimum atomic E-state index is -5.26. The van der Waals surface area contributed by atoms with Crippen molar-refractivity contribution in [1.29, 1.82) is 0 Å². The van der Waals surface area contributed by atoms with E-state index >= 15 is 0 Å².